The summed E-state index contributed by atoms with van der Waals surface area (Å²) in [5.74, 6) is -4.09. The number of benzene rings is 2. The van der Waals surface area contributed by atoms with Crippen molar-refractivity contribution in [2.75, 3.05) is 6.61 Å². The lowest BCUT2D eigenvalue weighted by Crippen LogP contribution is -2.46. The predicted molar refractivity (Wildman–Crippen MR) is 141 cm³/mol. The fourth-order valence-electron chi connectivity index (χ4n) is 4.24. The topological polar surface area (TPSA) is 136 Å². The Bertz CT molecular complexity index is 1790. The summed E-state index contributed by atoms with van der Waals surface area (Å²) in [5.41, 5.74) is -1.77. The lowest BCUT2D eigenvalue weighted by atomic mass is 10.1. The number of nitrogens with zero attached hydrogens (tertiary/aromatic N) is 3. The van der Waals surface area contributed by atoms with Gasteiger partial charge in [-0.3, -0.25) is 14.2 Å². The van der Waals surface area contributed by atoms with Crippen LogP contribution in [0, 0.1) is 12.7 Å². The third-order valence-electron chi connectivity index (χ3n) is 6.32. The van der Waals surface area contributed by atoms with Gasteiger partial charge in [0.05, 0.1) is 17.3 Å². The van der Waals surface area contributed by atoms with E-state index in [-0.39, 0.29) is 27.3 Å². The number of halogens is 1. The van der Waals surface area contributed by atoms with Crippen LogP contribution in [0.3, 0.4) is 0 Å². The number of carbonyl (C=O) groups is 3. The van der Waals surface area contributed by atoms with Crippen molar-refractivity contribution in [3.05, 3.63) is 122 Å². The highest BCUT2D eigenvalue weighted by molar-refractivity contribution is 5.99. The van der Waals surface area contributed by atoms with E-state index in [9.17, 15) is 28.4 Å². The Balaban J connectivity index is 1.36. The second-order valence-corrected chi connectivity index (χ2v) is 9.08. The highest BCUT2D eigenvalue weighted by Gasteiger charge is 2.25. The molecular formula is C29H22FN3O8. The molecule has 1 aliphatic heterocycles. The molecule has 2 aromatic carbocycles. The smallest absolute Gasteiger partial charge is 0.345 e. The molecule has 1 fully saturated rings. The molecule has 4 aromatic rings. The maximum atomic E-state index is 14.4. The summed E-state index contributed by atoms with van der Waals surface area (Å²) < 4.78 is 31.5. The zero-order valence-corrected chi connectivity index (χ0v) is 21.6. The molecule has 41 heavy (non-hydrogen) atoms. The van der Waals surface area contributed by atoms with E-state index in [0.717, 1.165) is 16.8 Å². The Morgan fingerprint density at radius 3 is 2.51 bits per heavy atom. The van der Waals surface area contributed by atoms with Gasteiger partial charge in [0, 0.05) is 24.4 Å². The van der Waals surface area contributed by atoms with E-state index in [1.54, 1.807) is 31.2 Å². The van der Waals surface area contributed by atoms with Gasteiger partial charge in [0.15, 0.2) is 0 Å². The van der Waals surface area contributed by atoms with Gasteiger partial charge in [0.1, 0.15) is 12.0 Å². The van der Waals surface area contributed by atoms with Crippen LogP contribution in [0.1, 0.15) is 55.7 Å². The van der Waals surface area contributed by atoms with Crippen LogP contribution in [0.25, 0.3) is 0 Å². The zero-order valence-electron chi connectivity index (χ0n) is 21.6. The third kappa shape index (κ3) is 5.72. The third-order valence-corrected chi connectivity index (χ3v) is 6.32. The molecule has 0 saturated carbocycles. The quantitative estimate of drug-likeness (QED) is 0.326. The number of hydrogen-bond acceptors (Lipinski definition) is 9. The van der Waals surface area contributed by atoms with Gasteiger partial charge in [-0.2, -0.15) is 8.96 Å². The number of hydrogen-bond donors (Lipinski definition) is 0. The molecule has 3 heterocycles. The van der Waals surface area contributed by atoms with Crippen molar-refractivity contribution in [3.63, 3.8) is 0 Å². The van der Waals surface area contributed by atoms with Crippen molar-refractivity contribution < 1.29 is 33.0 Å². The molecule has 0 spiro atoms. The average molecular weight is 560 g/mol. The van der Waals surface area contributed by atoms with Gasteiger partial charge in [-0.15, -0.1) is 0 Å². The number of rotatable bonds is 6. The molecule has 12 heteroatoms. The summed E-state index contributed by atoms with van der Waals surface area (Å²) in [6, 6.07) is 14.5. The molecule has 0 bridgehead atoms. The van der Waals surface area contributed by atoms with Crippen molar-refractivity contribution in [1.82, 2.24) is 14.1 Å². The standard InChI is InChI=1S/C29H22FN3O8/c1-17-6-2-3-9-21(17)28(37)41-23-15-20(11-12-31-23)40-27(36)19-8-4-7-18(14-19)25(34)33-26(35)22(30)16-32(29(33)38)24-10-5-13-39-24/h2-4,6-9,11-12,14-16,24H,5,10,13H2,1H3. The Morgan fingerprint density at radius 1 is 0.976 bits per heavy atom. The minimum Gasteiger partial charge on any atom is -0.423 e. The first-order valence-corrected chi connectivity index (χ1v) is 12.5. The van der Waals surface area contributed by atoms with Gasteiger partial charge in [0.2, 0.25) is 11.7 Å². The van der Waals surface area contributed by atoms with Crippen LogP contribution >= 0.6 is 0 Å². The highest BCUT2D eigenvalue weighted by atomic mass is 19.1. The molecule has 1 atom stereocenters. The van der Waals surface area contributed by atoms with Crippen molar-refractivity contribution in [3.8, 4) is 11.6 Å². The molecule has 0 amide bonds. The molecular weight excluding hydrogens is 537 g/mol. The largest absolute Gasteiger partial charge is 0.423 e. The van der Waals surface area contributed by atoms with Crippen LogP contribution < -0.4 is 20.7 Å². The number of ether oxygens (including phenoxy) is 3. The average Bonchev–Trinajstić information content (AvgIpc) is 3.50. The van der Waals surface area contributed by atoms with E-state index in [2.05, 4.69) is 4.98 Å². The van der Waals surface area contributed by atoms with Crippen LogP contribution in [0.5, 0.6) is 11.6 Å². The second-order valence-electron chi connectivity index (χ2n) is 9.08. The van der Waals surface area contributed by atoms with Crippen molar-refractivity contribution >= 4 is 17.8 Å². The van der Waals surface area contributed by atoms with E-state index in [0.29, 0.717) is 30.6 Å². The van der Waals surface area contributed by atoms with Gasteiger partial charge < -0.3 is 14.2 Å². The van der Waals surface area contributed by atoms with E-state index in [4.69, 9.17) is 14.2 Å². The molecule has 1 saturated heterocycles. The van der Waals surface area contributed by atoms with Crippen molar-refractivity contribution in [2.45, 2.75) is 26.0 Å². The van der Waals surface area contributed by atoms with Crippen LogP contribution in [-0.2, 0) is 4.74 Å². The summed E-state index contributed by atoms with van der Waals surface area (Å²) in [6.07, 6.45) is 2.23. The van der Waals surface area contributed by atoms with Gasteiger partial charge in [-0.25, -0.2) is 19.4 Å². The van der Waals surface area contributed by atoms with Crippen LogP contribution in [-0.4, -0.2) is 38.6 Å². The van der Waals surface area contributed by atoms with Gasteiger partial charge in [0.25, 0.3) is 11.5 Å². The Labute approximate surface area is 231 Å². The zero-order chi connectivity index (χ0) is 29.1. The van der Waals surface area contributed by atoms with Crippen LogP contribution in [0.4, 0.5) is 4.39 Å². The number of aryl methyl sites for hydroxylation is 1. The first-order valence-electron chi connectivity index (χ1n) is 12.5. The molecule has 1 aliphatic rings. The lowest BCUT2D eigenvalue weighted by molar-refractivity contribution is 0.0501. The summed E-state index contributed by atoms with van der Waals surface area (Å²) in [5, 5.41) is 0. The lowest BCUT2D eigenvalue weighted by Gasteiger charge is -2.15. The van der Waals surface area contributed by atoms with Gasteiger partial charge in [-0.05, 0) is 55.7 Å². The second kappa shape index (κ2) is 11.5. The molecule has 0 radical (unpaired) electrons. The number of pyridine rings is 1. The van der Waals surface area contributed by atoms with Crippen LogP contribution in [0.15, 0.2) is 82.6 Å². The molecule has 0 N–H and O–H groups in total. The molecule has 208 valence electrons. The Hall–Kier alpha value is -5.23. The maximum Gasteiger partial charge on any atom is 0.345 e. The van der Waals surface area contributed by atoms with Crippen LogP contribution in [0.2, 0.25) is 0 Å². The fraction of sp³-hybridized carbons (Fsp3) is 0.172. The van der Waals surface area contributed by atoms with E-state index < -0.39 is 41.1 Å². The number of esters is 2. The minimum absolute atomic E-state index is 0.00453. The molecule has 5 rings (SSSR count). The van der Waals surface area contributed by atoms with E-state index in [1.807, 2.05) is 0 Å². The predicted octanol–water partition coefficient (Wildman–Crippen LogP) is 3.29. The first kappa shape index (κ1) is 27.3. The molecule has 11 nitrogen and oxygen atoms in total. The summed E-state index contributed by atoms with van der Waals surface area (Å²) in [7, 11) is 0. The minimum atomic E-state index is -1.42. The Morgan fingerprint density at radius 2 is 1.76 bits per heavy atom. The molecule has 2 aromatic heterocycles. The summed E-state index contributed by atoms with van der Waals surface area (Å²) in [4.78, 5) is 67.9. The first-order chi connectivity index (χ1) is 19.7. The summed E-state index contributed by atoms with van der Waals surface area (Å²) >= 11 is 0. The summed E-state index contributed by atoms with van der Waals surface area (Å²) in [6.45, 7) is 2.11. The molecule has 1 unspecified atom stereocenters. The fourth-order valence-corrected chi connectivity index (χ4v) is 4.24. The SMILES string of the molecule is Cc1ccccc1C(=O)Oc1cc(OC(=O)c2cccc(C(=O)n3c(=O)c(F)cn(C4CCCO4)c3=O)c2)ccn1. The van der Waals surface area contributed by atoms with Crippen molar-refractivity contribution in [2.24, 2.45) is 0 Å². The Kier molecular flexibility index (Phi) is 7.66. The normalized spacial score (nSPS) is 14.4. The highest BCUT2D eigenvalue weighted by Crippen LogP contribution is 2.22. The number of carbonyl (C=O) groups excluding carboxylic acids is 3. The van der Waals surface area contributed by atoms with Crippen molar-refractivity contribution in [1.29, 1.82) is 0 Å². The van der Waals surface area contributed by atoms with Gasteiger partial charge in [-0.1, -0.05) is 24.3 Å². The van der Waals surface area contributed by atoms with E-state index in [1.165, 1.54) is 36.5 Å². The van der Waals surface area contributed by atoms with Gasteiger partial charge >= 0.3 is 17.6 Å². The molecule has 0 aliphatic carbocycles. The van der Waals surface area contributed by atoms with E-state index >= 15 is 0 Å². The maximum absolute atomic E-state index is 14.4. The number of aromatic nitrogens is 3. The monoisotopic (exact) mass is 559 g/mol.